The van der Waals surface area contributed by atoms with Gasteiger partial charge in [-0.25, -0.2) is 4.39 Å². The molecule has 1 aromatic carbocycles. The number of aromatic nitrogens is 4. The number of nitrogens with zero attached hydrogens (tertiary/aromatic N) is 4. The lowest BCUT2D eigenvalue weighted by molar-refractivity contribution is 0.363. The molecule has 0 fully saturated rings. The maximum Gasteiger partial charge on any atom is 0.248 e. The van der Waals surface area contributed by atoms with Crippen LogP contribution >= 0.6 is 0 Å². The van der Waals surface area contributed by atoms with E-state index in [0.29, 0.717) is 18.1 Å². The standard InChI is InChI=1S/C16H18FN5O/c1-3-22-10-14(9-18-22)19-11(2)16-20-15(21-23-16)8-12-4-6-13(17)7-5-12/h4-7,9-11,19H,3,8H2,1-2H3. The minimum Gasteiger partial charge on any atom is -0.371 e. The van der Waals surface area contributed by atoms with E-state index in [9.17, 15) is 4.39 Å². The first-order valence-corrected chi connectivity index (χ1v) is 7.50. The third-order valence-corrected chi connectivity index (χ3v) is 3.47. The molecule has 3 aromatic rings. The van der Waals surface area contributed by atoms with Crippen LogP contribution in [-0.2, 0) is 13.0 Å². The van der Waals surface area contributed by atoms with Crippen molar-refractivity contribution in [2.24, 2.45) is 0 Å². The van der Waals surface area contributed by atoms with Gasteiger partial charge in [0.1, 0.15) is 11.9 Å². The third kappa shape index (κ3) is 3.74. The van der Waals surface area contributed by atoms with Crippen LogP contribution in [0.15, 0.2) is 41.2 Å². The summed E-state index contributed by atoms with van der Waals surface area (Å²) < 4.78 is 20.0. The average molecular weight is 315 g/mol. The van der Waals surface area contributed by atoms with Gasteiger partial charge >= 0.3 is 0 Å². The summed E-state index contributed by atoms with van der Waals surface area (Å²) in [6.07, 6.45) is 4.19. The third-order valence-electron chi connectivity index (χ3n) is 3.47. The molecule has 0 bridgehead atoms. The Hall–Kier alpha value is -2.70. The monoisotopic (exact) mass is 315 g/mol. The molecule has 3 rings (SSSR count). The SMILES string of the molecule is CCn1cc(NC(C)c2nc(Cc3ccc(F)cc3)no2)cn1. The lowest BCUT2D eigenvalue weighted by atomic mass is 10.1. The molecule has 120 valence electrons. The van der Waals surface area contributed by atoms with Crippen molar-refractivity contribution in [2.75, 3.05) is 5.32 Å². The summed E-state index contributed by atoms with van der Waals surface area (Å²) in [6, 6.07) is 6.15. The van der Waals surface area contributed by atoms with Crippen LogP contribution in [0.5, 0.6) is 0 Å². The molecule has 6 nitrogen and oxygen atoms in total. The van der Waals surface area contributed by atoms with Crippen LogP contribution in [0.4, 0.5) is 10.1 Å². The van der Waals surface area contributed by atoms with Gasteiger partial charge < -0.3 is 9.84 Å². The molecule has 0 radical (unpaired) electrons. The molecular weight excluding hydrogens is 297 g/mol. The number of nitrogens with one attached hydrogen (secondary N) is 1. The number of benzene rings is 1. The molecular formula is C16H18FN5O. The first kappa shape index (κ1) is 15.2. The Morgan fingerprint density at radius 1 is 1.30 bits per heavy atom. The first-order chi connectivity index (χ1) is 11.1. The number of halogens is 1. The molecule has 7 heteroatoms. The number of rotatable bonds is 6. The Bertz CT molecular complexity index is 765. The van der Waals surface area contributed by atoms with Gasteiger partial charge in [-0.05, 0) is 31.5 Å². The van der Waals surface area contributed by atoms with E-state index >= 15 is 0 Å². The molecule has 2 aromatic heterocycles. The zero-order valence-electron chi connectivity index (χ0n) is 13.0. The predicted octanol–water partition coefficient (Wildman–Crippen LogP) is 3.19. The lowest BCUT2D eigenvalue weighted by Gasteiger charge is -2.07. The molecule has 2 heterocycles. The molecule has 0 aliphatic heterocycles. The van der Waals surface area contributed by atoms with Gasteiger partial charge in [0.2, 0.25) is 5.89 Å². The summed E-state index contributed by atoms with van der Waals surface area (Å²) in [5, 5.41) is 11.5. The van der Waals surface area contributed by atoms with E-state index in [1.165, 1.54) is 12.1 Å². The van der Waals surface area contributed by atoms with E-state index in [1.54, 1.807) is 18.3 Å². The summed E-state index contributed by atoms with van der Waals surface area (Å²) in [5.74, 6) is 0.823. The molecule has 1 unspecified atom stereocenters. The van der Waals surface area contributed by atoms with Crippen molar-refractivity contribution in [3.05, 3.63) is 59.8 Å². The van der Waals surface area contributed by atoms with Gasteiger partial charge in [0.25, 0.3) is 0 Å². The van der Waals surface area contributed by atoms with Crippen LogP contribution in [-0.4, -0.2) is 19.9 Å². The van der Waals surface area contributed by atoms with Crippen LogP contribution in [0.1, 0.15) is 37.2 Å². The number of hydrogen-bond donors (Lipinski definition) is 1. The highest BCUT2D eigenvalue weighted by molar-refractivity contribution is 5.39. The van der Waals surface area contributed by atoms with Crippen molar-refractivity contribution in [1.82, 2.24) is 19.9 Å². The minimum atomic E-state index is -0.256. The summed E-state index contributed by atoms with van der Waals surface area (Å²) in [6.45, 7) is 4.79. The Kier molecular flexibility index (Phi) is 4.36. The average Bonchev–Trinajstić information content (AvgIpc) is 3.19. The molecule has 0 spiro atoms. The summed E-state index contributed by atoms with van der Waals surface area (Å²) >= 11 is 0. The number of anilines is 1. The van der Waals surface area contributed by atoms with Crippen molar-refractivity contribution in [3.63, 3.8) is 0 Å². The van der Waals surface area contributed by atoms with Gasteiger partial charge in [-0.1, -0.05) is 17.3 Å². The van der Waals surface area contributed by atoms with Crippen LogP contribution in [0.3, 0.4) is 0 Å². The topological polar surface area (TPSA) is 68.8 Å². The van der Waals surface area contributed by atoms with Crippen molar-refractivity contribution < 1.29 is 8.91 Å². The second-order valence-electron chi connectivity index (χ2n) is 5.30. The van der Waals surface area contributed by atoms with Gasteiger partial charge in [0, 0.05) is 19.2 Å². The summed E-state index contributed by atoms with van der Waals surface area (Å²) in [4.78, 5) is 4.39. The largest absolute Gasteiger partial charge is 0.371 e. The number of aryl methyl sites for hydroxylation is 1. The van der Waals surface area contributed by atoms with E-state index in [0.717, 1.165) is 17.8 Å². The Labute approximate surface area is 133 Å². The molecule has 1 N–H and O–H groups in total. The van der Waals surface area contributed by atoms with Crippen molar-refractivity contribution in [3.8, 4) is 0 Å². The summed E-state index contributed by atoms with van der Waals surface area (Å²) in [5.41, 5.74) is 1.83. The molecule has 0 saturated heterocycles. The molecule has 23 heavy (non-hydrogen) atoms. The highest BCUT2D eigenvalue weighted by atomic mass is 19.1. The molecule has 1 atom stereocenters. The fourth-order valence-electron chi connectivity index (χ4n) is 2.22. The van der Waals surface area contributed by atoms with Crippen molar-refractivity contribution in [1.29, 1.82) is 0 Å². The highest BCUT2D eigenvalue weighted by Gasteiger charge is 2.15. The first-order valence-electron chi connectivity index (χ1n) is 7.50. The Morgan fingerprint density at radius 3 is 2.78 bits per heavy atom. The lowest BCUT2D eigenvalue weighted by Crippen LogP contribution is -2.06. The van der Waals surface area contributed by atoms with Crippen LogP contribution in [0, 0.1) is 5.82 Å². The highest BCUT2D eigenvalue weighted by Crippen LogP contribution is 2.18. The minimum absolute atomic E-state index is 0.126. The maximum atomic E-state index is 12.9. The second-order valence-corrected chi connectivity index (χ2v) is 5.30. The van der Waals surface area contributed by atoms with Gasteiger partial charge in [0.15, 0.2) is 5.82 Å². The van der Waals surface area contributed by atoms with Crippen LogP contribution in [0.25, 0.3) is 0 Å². The number of hydrogen-bond acceptors (Lipinski definition) is 5. The van der Waals surface area contributed by atoms with Gasteiger partial charge in [-0.2, -0.15) is 10.1 Å². The van der Waals surface area contributed by atoms with E-state index in [-0.39, 0.29) is 11.9 Å². The Balaban J connectivity index is 1.64. The smallest absolute Gasteiger partial charge is 0.248 e. The van der Waals surface area contributed by atoms with Crippen molar-refractivity contribution in [2.45, 2.75) is 32.9 Å². The second kappa shape index (κ2) is 6.60. The van der Waals surface area contributed by atoms with Gasteiger partial charge in [0.05, 0.1) is 11.9 Å². The van der Waals surface area contributed by atoms with Gasteiger partial charge in [-0.3, -0.25) is 4.68 Å². The normalized spacial score (nSPS) is 12.3. The quantitative estimate of drug-likeness (QED) is 0.756. The van der Waals surface area contributed by atoms with E-state index in [4.69, 9.17) is 4.52 Å². The van der Waals surface area contributed by atoms with Gasteiger partial charge in [-0.15, -0.1) is 0 Å². The fraction of sp³-hybridized carbons (Fsp3) is 0.312. The molecule has 0 aliphatic carbocycles. The predicted molar refractivity (Wildman–Crippen MR) is 83.4 cm³/mol. The van der Waals surface area contributed by atoms with Crippen molar-refractivity contribution >= 4 is 5.69 Å². The summed E-state index contributed by atoms with van der Waals surface area (Å²) in [7, 11) is 0. The molecule has 0 saturated carbocycles. The Morgan fingerprint density at radius 2 is 2.09 bits per heavy atom. The van der Waals surface area contributed by atoms with Crippen LogP contribution in [0.2, 0.25) is 0 Å². The zero-order chi connectivity index (χ0) is 16.2. The fourth-order valence-corrected chi connectivity index (χ4v) is 2.22. The van der Waals surface area contributed by atoms with E-state index in [1.807, 2.05) is 24.7 Å². The van der Waals surface area contributed by atoms with Crippen LogP contribution < -0.4 is 5.32 Å². The molecule has 0 aliphatic rings. The van der Waals surface area contributed by atoms with E-state index < -0.39 is 0 Å². The zero-order valence-corrected chi connectivity index (χ0v) is 13.0. The maximum absolute atomic E-state index is 12.9. The molecule has 0 amide bonds. The van der Waals surface area contributed by atoms with E-state index in [2.05, 4.69) is 20.6 Å².